The van der Waals surface area contributed by atoms with E-state index in [0.717, 1.165) is 10.8 Å². The number of carbonyl (C=O) groups is 1. The van der Waals surface area contributed by atoms with Gasteiger partial charge in [0.1, 0.15) is 11.6 Å². The molecule has 1 fully saturated rings. The van der Waals surface area contributed by atoms with Crippen LogP contribution in [0.3, 0.4) is 0 Å². The third-order valence-electron chi connectivity index (χ3n) is 4.51. The van der Waals surface area contributed by atoms with E-state index in [4.69, 9.17) is 16.9 Å². The van der Waals surface area contributed by atoms with Crippen LogP contribution in [0.5, 0.6) is 5.75 Å². The van der Waals surface area contributed by atoms with E-state index in [1.807, 2.05) is 12.1 Å². The minimum atomic E-state index is -0.259. The Morgan fingerprint density at radius 1 is 1.30 bits per heavy atom. The normalized spacial score (nSPS) is 17.9. The topological polar surface area (TPSA) is 98.0 Å². The van der Waals surface area contributed by atoms with Crippen LogP contribution in [0, 0.1) is 23.2 Å². The molecule has 0 radical (unpaired) electrons. The molecule has 0 spiro atoms. The van der Waals surface area contributed by atoms with Gasteiger partial charge in [-0.1, -0.05) is 23.7 Å². The second-order valence-electron chi connectivity index (χ2n) is 6.46. The lowest BCUT2D eigenvalue weighted by atomic mass is 10.1. The minimum Gasteiger partial charge on any atom is -0.506 e. The number of amides is 1. The first-order valence-corrected chi connectivity index (χ1v) is 8.78. The summed E-state index contributed by atoms with van der Waals surface area (Å²) in [6.07, 6.45) is 2.20. The van der Waals surface area contributed by atoms with Gasteiger partial charge in [0, 0.05) is 17.3 Å². The first-order valence-electron chi connectivity index (χ1n) is 8.40. The van der Waals surface area contributed by atoms with Gasteiger partial charge in [-0.25, -0.2) is 4.98 Å². The number of rotatable bonds is 4. The summed E-state index contributed by atoms with van der Waals surface area (Å²) in [5.41, 5.74) is 1.26. The highest BCUT2D eigenvalue weighted by Gasteiger charge is 2.43. The Morgan fingerprint density at radius 3 is 2.85 bits per heavy atom. The van der Waals surface area contributed by atoms with Gasteiger partial charge < -0.3 is 15.7 Å². The maximum Gasteiger partial charge on any atom is 0.230 e. The molecule has 0 bridgehead atoms. The molecule has 2 aromatic carbocycles. The Balaban J connectivity index is 1.61. The number of nitrogens with zero attached hydrogens (tertiary/aromatic N) is 2. The summed E-state index contributed by atoms with van der Waals surface area (Å²) in [5.74, 6) is -0.109. The van der Waals surface area contributed by atoms with Crippen molar-refractivity contribution in [2.45, 2.75) is 6.42 Å². The average Bonchev–Trinajstić information content (AvgIpc) is 3.43. The van der Waals surface area contributed by atoms with Crippen LogP contribution >= 0.6 is 11.6 Å². The average molecular weight is 379 g/mol. The number of halogens is 1. The maximum absolute atomic E-state index is 12.1. The van der Waals surface area contributed by atoms with Crippen molar-refractivity contribution in [3.63, 3.8) is 0 Å². The number of hydrogen-bond donors (Lipinski definition) is 3. The SMILES string of the molecule is N#CC1C[C@H]1C(=O)Nc1cc2cc(Nc3ccccc3O)cc(Cl)c2cn1. The monoisotopic (exact) mass is 378 g/mol. The number of phenols is 1. The molecule has 7 heteroatoms. The first-order chi connectivity index (χ1) is 13.0. The third-order valence-corrected chi connectivity index (χ3v) is 4.83. The largest absolute Gasteiger partial charge is 0.506 e. The van der Waals surface area contributed by atoms with Gasteiger partial charge in [-0.3, -0.25) is 4.79 Å². The zero-order chi connectivity index (χ0) is 19.0. The summed E-state index contributed by atoms with van der Waals surface area (Å²) in [6.45, 7) is 0. The smallest absolute Gasteiger partial charge is 0.230 e. The van der Waals surface area contributed by atoms with Crippen molar-refractivity contribution >= 4 is 45.5 Å². The van der Waals surface area contributed by atoms with Crippen LogP contribution in [0.1, 0.15) is 6.42 Å². The van der Waals surface area contributed by atoms with E-state index in [-0.39, 0.29) is 23.5 Å². The molecule has 1 aromatic heterocycles. The molecule has 2 atom stereocenters. The fourth-order valence-electron chi connectivity index (χ4n) is 2.94. The van der Waals surface area contributed by atoms with Gasteiger partial charge in [0.05, 0.1) is 28.6 Å². The highest BCUT2D eigenvalue weighted by molar-refractivity contribution is 6.36. The summed E-state index contributed by atoms with van der Waals surface area (Å²) < 4.78 is 0. The Labute approximate surface area is 160 Å². The molecule has 1 amide bonds. The number of carbonyl (C=O) groups excluding carboxylic acids is 1. The molecular formula is C20H15ClN4O2. The summed E-state index contributed by atoms with van der Waals surface area (Å²) >= 11 is 6.36. The van der Waals surface area contributed by atoms with Crippen molar-refractivity contribution in [1.82, 2.24) is 4.98 Å². The number of pyridine rings is 1. The van der Waals surface area contributed by atoms with Crippen LogP contribution in [-0.2, 0) is 4.79 Å². The van der Waals surface area contributed by atoms with Crippen LogP contribution < -0.4 is 10.6 Å². The number of phenolic OH excluding ortho intramolecular Hbond substituents is 1. The number of nitriles is 1. The standard InChI is InChI=1S/C20H15ClN4O2/c21-16-8-13(24-17-3-1-2-4-18(17)26)5-11-7-19(23-10-15(11)16)25-20(27)14-6-12(14)9-22/h1-5,7-8,10,12,14,24,26H,6H2,(H,23,25,27)/t12?,14-/m1/s1. The zero-order valence-corrected chi connectivity index (χ0v) is 14.9. The number of aromatic nitrogens is 1. The van der Waals surface area contributed by atoms with Crippen molar-refractivity contribution < 1.29 is 9.90 Å². The van der Waals surface area contributed by atoms with Gasteiger partial charge in [-0.05, 0) is 42.1 Å². The van der Waals surface area contributed by atoms with E-state index in [0.29, 0.717) is 28.6 Å². The van der Waals surface area contributed by atoms with Crippen molar-refractivity contribution in [2.75, 3.05) is 10.6 Å². The number of anilines is 3. The van der Waals surface area contributed by atoms with E-state index < -0.39 is 0 Å². The second-order valence-corrected chi connectivity index (χ2v) is 6.87. The predicted molar refractivity (Wildman–Crippen MR) is 104 cm³/mol. The third kappa shape index (κ3) is 3.50. The van der Waals surface area contributed by atoms with E-state index in [9.17, 15) is 9.90 Å². The summed E-state index contributed by atoms with van der Waals surface area (Å²) in [5, 5.41) is 26.7. The first kappa shape index (κ1) is 17.1. The lowest BCUT2D eigenvalue weighted by Crippen LogP contribution is -2.15. The van der Waals surface area contributed by atoms with Crippen LogP contribution in [0.4, 0.5) is 17.2 Å². The summed E-state index contributed by atoms with van der Waals surface area (Å²) in [7, 11) is 0. The van der Waals surface area contributed by atoms with Gasteiger partial charge in [0.2, 0.25) is 5.91 Å². The molecule has 1 aliphatic carbocycles. The van der Waals surface area contributed by atoms with Crippen molar-refractivity contribution in [2.24, 2.45) is 11.8 Å². The van der Waals surface area contributed by atoms with E-state index >= 15 is 0 Å². The summed E-state index contributed by atoms with van der Waals surface area (Å²) in [6, 6.07) is 14.3. The van der Waals surface area contributed by atoms with Crippen molar-refractivity contribution in [1.29, 1.82) is 5.26 Å². The molecular weight excluding hydrogens is 364 g/mol. The Hall–Kier alpha value is -3.30. The summed E-state index contributed by atoms with van der Waals surface area (Å²) in [4.78, 5) is 16.4. The Morgan fingerprint density at radius 2 is 2.11 bits per heavy atom. The van der Waals surface area contributed by atoms with E-state index in [2.05, 4.69) is 21.7 Å². The molecule has 0 saturated heterocycles. The zero-order valence-electron chi connectivity index (χ0n) is 14.1. The van der Waals surface area contributed by atoms with Crippen LogP contribution in [-0.4, -0.2) is 16.0 Å². The van der Waals surface area contributed by atoms with Gasteiger partial charge in [0.25, 0.3) is 0 Å². The number of fused-ring (bicyclic) bond motifs is 1. The molecule has 3 N–H and O–H groups in total. The van der Waals surface area contributed by atoms with Crippen molar-refractivity contribution in [3.05, 3.63) is 53.7 Å². The van der Waals surface area contributed by atoms with Crippen LogP contribution in [0.25, 0.3) is 10.8 Å². The molecule has 1 saturated carbocycles. The van der Waals surface area contributed by atoms with Gasteiger partial charge >= 0.3 is 0 Å². The second kappa shape index (κ2) is 6.78. The van der Waals surface area contributed by atoms with Gasteiger partial charge in [0.15, 0.2) is 0 Å². The van der Waals surface area contributed by atoms with E-state index in [1.165, 1.54) is 0 Å². The van der Waals surface area contributed by atoms with E-state index in [1.54, 1.807) is 36.5 Å². The number of para-hydroxylation sites is 2. The predicted octanol–water partition coefficient (Wildman–Crippen LogP) is 4.44. The quantitative estimate of drug-likeness (QED) is 0.583. The number of aromatic hydroxyl groups is 1. The highest BCUT2D eigenvalue weighted by Crippen LogP contribution is 2.38. The molecule has 6 nitrogen and oxygen atoms in total. The lowest BCUT2D eigenvalue weighted by Gasteiger charge is -2.11. The minimum absolute atomic E-state index is 0.132. The molecule has 27 heavy (non-hydrogen) atoms. The molecule has 134 valence electrons. The Kier molecular flexibility index (Phi) is 4.30. The molecule has 1 heterocycles. The lowest BCUT2D eigenvalue weighted by molar-refractivity contribution is -0.117. The van der Waals surface area contributed by atoms with Gasteiger partial charge in [-0.2, -0.15) is 5.26 Å². The Bertz CT molecular complexity index is 1090. The van der Waals surface area contributed by atoms with Crippen molar-refractivity contribution in [3.8, 4) is 11.8 Å². The fourth-order valence-corrected chi connectivity index (χ4v) is 3.21. The van der Waals surface area contributed by atoms with Crippen LogP contribution in [0.2, 0.25) is 5.02 Å². The molecule has 3 aromatic rings. The van der Waals surface area contributed by atoms with Crippen LogP contribution in [0.15, 0.2) is 48.7 Å². The highest BCUT2D eigenvalue weighted by atomic mass is 35.5. The van der Waals surface area contributed by atoms with Gasteiger partial charge in [-0.15, -0.1) is 0 Å². The number of hydrogen-bond acceptors (Lipinski definition) is 5. The molecule has 4 rings (SSSR count). The number of nitrogens with one attached hydrogen (secondary N) is 2. The maximum atomic E-state index is 12.1. The molecule has 1 aliphatic rings. The molecule has 0 aliphatic heterocycles. The fraction of sp³-hybridized carbons (Fsp3) is 0.150. The molecule has 1 unspecified atom stereocenters. The number of benzene rings is 2.